The fraction of sp³-hybridized carbons (Fsp3) is 0.188. The molecule has 3 nitrogen and oxygen atoms in total. The van der Waals surface area contributed by atoms with Gasteiger partial charge < -0.3 is 10.6 Å². The first kappa shape index (κ1) is 17.1. The topological polar surface area (TPSA) is 41.1 Å². The molecule has 2 aromatic carbocycles. The third kappa shape index (κ3) is 4.39. The van der Waals surface area contributed by atoms with Gasteiger partial charge in [-0.1, -0.05) is 17.7 Å². The van der Waals surface area contributed by atoms with Crippen molar-refractivity contribution in [1.29, 1.82) is 0 Å². The lowest BCUT2D eigenvalue weighted by atomic mass is 10.1. The van der Waals surface area contributed by atoms with Crippen LogP contribution < -0.4 is 10.6 Å². The van der Waals surface area contributed by atoms with E-state index in [1.165, 1.54) is 12.1 Å². The normalized spacial score (nSPS) is 11.2. The number of anilines is 2. The average Bonchev–Trinajstić information content (AvgIpc) is 2.42. The molecule has 2 amide bonds. The number of alkyl halides is 3. The van der Waals surface area contributed by atoms with Gasteiger partial charge >= 0.3 is 12.2 Å². The molecule has 2 N–H and O–H groups in total. The molecule has 122 valence electrons. The van der Waals surface area contributed by atoms with Crippen LogP contribution >= 0.6 is 11.6 Å². The number of amides is 2. The van der Waals surface area contributed by atoms with Gasteiger partial charge in [-0.15, -0.1) is 0 Å². The molecule has 0 aliphatic carbocycles. The third-order valence-electron chi connectivity index (χ3n) is 3.14. The molecule has 0 spiro atoms. The van der Waals surface area contributed by atoms with Crippen LogP contribution in [0.2, 0.25) is 5.02 Å². The summed E-state index contributed by atoms with van der Waals surface area (Å²) in [4.78, 5) is 11.9. The van der Waals surface area contributed by atoms with Gasteiger partial charge in [0.15, 0.2) is 0 Å². The Morgan fingerprint density at radius 1 is 1.04 bits per heavy atom. The second-order valence-electron chi connectivity index (χ2n) is 5.09. The van der Waals surface area contributed by atoms with Crippen LogP contribution in [0.25, 0.3) is 0 Å². The Morgan fingerprint density at radius 2 is 1.65 bits per heavy atom. The summed E-state index contributed by atoms with van der Waals surface area (Å²) in [7, 11) is 0. The van der Waals surface area contributed by atoms with Gasteiger partial charge in [-0.2, -0.15) is 13.2 Å². The SMILES string of the molecule is Cc1cc(C)c(NC(=O)Nc2ccc(C(F)(F)F)cc2)c(Cl)c1. The van der Waals surface area contributed by atoms with Gasteiger partial charge in [0.2, 0.25) is 0 Å². The van der Waals surface area contributed by atoms with Gasteiger partial charge in [0.1, 0.15) is 0 Å². The monoisotopic (exact) mass is 342 g/mol. The molecular formula is C16H14ClF3N2O. The maximum atomic E-state index is 12.5. The van der Waals surface area contributed by atoms with Crippen LogP contribution in [-0.4, -0.2) is 6.03 Å². The van der Waals surface area contributed by atoms with Crippen LogP contribution in [0.4, 0.5) is 29.3 Å². The lowest BCUT2D eigenvalue weighted by Crippen LogP contribution is -2.20. The van der Waals surface area contributed by atoms with E-state index in [0.29, 0.717) is 10.7 Å². The van der Waals surface area contributed by atoms with Crippen molar-refractivity contribution in [2.45, 2.75) is 20.0 Å². The summed E-state index contributed by atoms with van der Waals surface area (Å²) < 4.78 is 37.4. The highest BCUT2D eigenvalue weighted by Gasteiger charge is 2.29. The first-order valence-corrected chi connectivity index (χ1v) is 7.06. The van der Waals surface area contributed by atoms with Crippen LogP contribution in [-0.2, 0) is 6.18 Å². The maximum Gasteiger partial charge on any atom is 0.416 e. The largest absolute Gasteiger partial charge is 0.416 e. The molecule has 23 heavy (non-hydrogen) atoms. The smallest absolute Gasteiger partial charge is 0.308 e. The molecule has 0 atom stereocenters. The van der Waals surface area contributed by atoms with Gasteiger partial charge in [-0.25, -0.2) is 4.79 Å². The number of carbonyl (C=O) groups excluding carboxylic acids is 1. The maximum absolute atomic E-state index is 12.5. The van der Waals surface area contributed by atoms with E-state index in [-0.39, 0.29) is 5.69 Å². The third-order valence-corrected chi connectivity index (χ3v) is 3.44. The highest BCUT2D eigenvalue weighted by atomic mass is 35.5. The van der Waals surface area contributed by atoms with Crippen LogP contribution in [0.3, 0.4) is 0 Å². The Hall–Kier alpha value is -2.21. The van der Waals surface area contributed by atoms with Crippen molar-refractivity contribution in [1.82, 2.24) is 0 Å². The number of carbonyl (C=O) groups is 1. The van der Waals surface area contributed by atoms with E-state index in [9.17, 15) is 18.0 Å². The van der Waals surface area contributed by atoms with Crippen molar-refractivity contribution in [3.8, 4) is 0 Å². The average molecular weight is 343 g/mol. The number of urea groups is 1. The Morgan fingerprint density at radius 3 is 2.17 bits per heavy atom. The number of aryl methyl sites for hydroxylation is 2. The first-order chi connectivity index (χ1) is 10.7. The van der Waals surface area contributed by atoms with Crippen molar-refractivity contribution in [2.24, 2.45) is 0 Å². The summed E-state index contributed by atoms with van der Waals surface area (Å²) in [5.74, 6) is 0. The number of halogens is 4. The molecule has 0 radical (unpaired) electrons. The molecule has 0 aliphatic rings. The molecule has 0 heterocycles. The van der Waals surface area contributed by atoms with E-state index in [4.69, 9.17) is 11.6 Å². The van der Waals surface area contributed by atoms with Gasteiger partial charge in [-0.05, 0) is 55.3 Å². The number of benzene rings is 2. The first-order valence-electron chi connectivity index (χ1n) is 6.69. The van der Waals surface area contributed by atoms with Crippen molar-refractivity contribution in [2.75, 3.05) is 10.6 Å². The van der Waals surface area contributed by atoms with E-state index in [2.05, 4.69) is 10.6 Å². The van der Waals surface area contributed by atoms with Crippen molar-refractivity contribution in [3.05, 3.63) is 58.1 Å². The lowest BCUT2D eigenvalue weighted by molar-refractivity contribution is -0.137. The molecule has 0 saturated heterocycles. The van der Waals surface area contributed by atoms with Gasteiger partial charge in [0.05, 0.1) is 16.3 Å². The minimum Gasteiger partial charge on any atom is -0.308 e. The molecule has 0 saturated carbocycles. The molecule has 0 aromatic heterocycles. The molecule has 0 bridgehead atoms. The van der Waals surface area contributed by atoms with Crippen LogP contribution in [0.5, 0.6) is 0 Å². The van der Waals surface area contributed by atoms with Crippen molar-refractivity contribution in [3.63, 3.8) is 0 Å². The number of nitrogens with one attached hydrogen (secondary N) is 2. The molecule has 2 rings (SSSR count). The molecule has 7 heteroatoms. The molecule has 0 unspecified atom stereocenters. The van der Waals surface area contributed by atoms with Crippen molar-refractivity contribution >= 4 is 29.0 Å². The summed E-state index contributed by atoms with van der Waals surface area (Å²) in [6.07, 6.45) is -4.41. The zero-order chi connectivity index (χ0) is 17.2. The van der Waals surface area contributed by atoms with Crippen LogP contribution in [0.1, 0.15) is 16.7 Å². The highest BCUT2D eigenvalue weighted by molar-refractivity contribution is 6.34. The second kappa shape index (κ2) is 6.50. The molecule has 0 aliphatic heterocycles. The Kier molecular flexibility index (Phi) is 4.85. The molecular weight excluding hydrogens is 329 g/mol. The summed E-state index contributed by atoms with van der Waals surface area (Å²) in [5, 5.41) is 5.45. The quantitative estimate of drug-likeness (QED) is 0.730. The number of hydrogen-bond acceptors (Lipinski definition) is 1. The standard InChI is InChI=1S/C16H14ClF3N2O/c1-9-7-10(2)14(13(17)8-9)22-15(23)21-12-5-3-11(4-6-12)16(18,19)20/h3-8H,1-2H3,(H2,21,22,23). The van der Waals surface area contributed by atoms with Gasteiger partial charge in [0, 0.05) is 5.69 Å². The molecule has 2 aromatic rings. The van der Waals surface area contributed by atoms with Gasteiger partial charge in [0.25, 0.3) is 0 Å². The minimum atomic E-state index is -4.41. The second-order valence-corrected chi connectivity index (χ2v) is 5.50. The Labute approximate surface area is 136 Å². The Balaban J connectivity index is 2.08. The van der Waals surface area contributed by atoms with E-state index in [1.807, 2.05) is 13.0 Å². The summed E-state index contributed by atoms with van der Waals surface area (Å²) in [5.41, 5.74) is 1.68. The van der Waals surface area contributed by atoms with E-state index >= 15 is 0 Å². The lowest BCUT2D eigenvalue weighted by Gasteiger charge is -2.13. The zero-order valence-corrected chi connectivity index (χ0v) is 13.1. The van der Waals surface area contributed by atoms with Crippen LogP contribution in [0, 0.1) is 13.8 Å². The summed E-state index contributed by atoms with van der Waals surface area (Å²) in [6.45, 7) is 3.68. The van der Waals surface area contributed by atoms with Crippen molar-refractivity contribution < 1.29 is 18.0 Å². The predicted molar refractivity (Wildman–Crippen MR) is 85.0 cm³/mol. The predicted octanol–water partition coefficient (Wildman–Crippen LogP) is 5.62. The van der Waals surface area contributed by atoms with Crippen LogP contribution in [0.15, 0.2) is 36.4 Å². The molecule has 0 fully saturated rings. The van der Waals surface area contributed by atoms with E-state index in [1.54, 1.807) is 13.0 Å². The number of hydrogen-bond donors (Lipinski definition) is 2. The number of rotatable bonds is 2. The van der Waals surface area contributed by atoms with Gasteiger partial charge in [-0.3, -0.25) is 0 Å². The minimum absolute atomic E-state index is 0.247. The van der Waals surface area contributed by atoms with E-state index in [0.717, 1.165) is 23.3 Å². The summed E-state index contributed by atoms with van der Waals surface area (Å²) in [6, 6.07) is 7.16. The zero-order valence-electron chi connectivity index (χ0n) is 12.4. The fourth-order valence-electron chi connectivity index (χ4n) is 2.09. The Bertz CT molecular complexity index is 704. The summed E-state index contributed by atoms with van der Waals surface area (Å²) >= 11 is 6.09. The highest BCUT2D eigenvalue weighted by Crippen LogP contribution is 2.30. The fourth-order valence-corrected chi connectivity index (χ4v) is 2.46. The van der Waals surface area contributed by atoms with E-state index < -0.39 is 17.8 Å².